The van der Waals surface area contributed by atoms with Gasteiger partial charge in [0.05, 0.1) is 5.41 Å². The second-order valence-electron chi connectivity index (χ2n) is 4.84. The number of ketones is 1. The van der Waals surface area contributed by atoms with E-state index in [1.807, 2.05) is 30.3 Å². The van der Waals surface area contributed by atoms with Crippen LogP contribution in [0.4, 0.5) is 13.2 Å². The second kappa shape index (κ2) is 4.75. The number of hydrogen-bond donors (Lipinski definition) is 0. The van der Waals surface area contributed by atoms with E-state index in [4.69, 9.17) is 0 Å². The van der Waals surface area contributed by atoms with Gasteiger partial charge in [0, 0.05) is 12.8 Å². The maximum Gasteiger partial charge on any atom is 0.389 e. The molecule has 0 aliphatic heterocycles. The SMILES string of the molecule is O=C(CCCC(F)(F)F)C1(c2ccccc2)CC1. The Balaban J connectivity index is 1.94. The molecule has 98 valence electrons. The van der Waals surface area contributed by atoms with E-state index in [1.165, 1.54) is 0 Å². The summed E-state index contributed by atoms with van der Waals surface area (Å²) in [6, 6.07) is 9.35. The summed E-state index contributed by atoms with van der Waals surface area (Å²) < 4.78 is 36.1. The van der Waals surface area contributed by atoms with Crippen molar-refractivity contribution in [2.75, 3.05) is 0 Å². The molecule has 0 spiro atoms. The van der Waals surface area contributed by atoms with Crippen molar-refractivity contribution < 1.29 is 18.0 Å². The Morgan fingerprint density at radius 1 is 1.17 bits per heavy atom. The number of rotatable bonds is 5. The van der Waals surface area contributed by atoms with Crippen molar-refractivity contribution in [2.45, 2.75) is 43.7 Å². The van der Waals surface area contributed by atoms with Crippen molar-refractivity contribution >= 4 is 5.78 Å². The number of carbonyl (C=O) groups excluding carboxylic acids is 1. The highest BCUT2D eigenvalue weighted by Crippen LogP contribution is 2.49. The first-order chi connectivity index (χ1) is 8.44. The fraction of sp³-hybridized carbons (Fsp3) is 0.500. The lowest BCUT2D eigenvalue weighted by Crippen LogP contribution is -2.21. The van der Waals surface area contributed by atoms with E-state index >= 15 is 0 Å². The minimum Gasteiger partial charge on any atom is -0.299 e. The van der Waals surface area contributed by atoms with Crippen molar-refractivity contribution in [3.63, 3.8) is 0 Å². The van der Waals surface area contributed by atoms with E-state index in [2.05, 4.69) is 0 Å². The standard InChI is InChI=1S/C14H15F3O/c15-14(16,17)8-4-7-12(18)13(9-10-13)11-5-2-1-3-6-11/h1-3,5-6H,4,7-10H2. The van der Waals surface area contributed by atoms with Gasteiger partial charge in [-0.1, -0.05) is 30.3 Å². The number of hydrogen-bond acceptors (Lipinski definition) is 1. The predicted octanol–water partition coefficient (Wildman–Crippen LogP) is 4.02. The average Bonchev–Trinajstić information content (AvgIpc) is 3.09. The van der Waals surface area contributed by atoms with Gasteiger partial charge < -0.3 is 0 Å². The van der Waals surface area contributed by atoms with Gasteiger partial charge in [-0.05, 0) is 24.8 Å². The number of carbonyl (C=O) groups is 1. The highest BCUT2D eigenvalue weighted by Gasteiger charge is 2.50. The molecule has 1 aromatic carbocycles. The van der Waals surface area contributed by atoms with Gasteiger partial charge in [-0.25, -0.2) is 0 Å². The van der Waals surface area contributed by atoms with Crippen LogP contribution in [-0.2, 0) is 10.2 Å². The molecule has 0 unspecified atom stereocenters. The first kappa shape index (κ1) is 13.1. The average molecular weight is 256 g/mol. The molecule has 0 N–H and O–H groups in total. The Morgan fingerprint density at radius 3 is 2.28 bits per heavy atom. The van der Waals surface area contributed by atoms with E-state index in [0.717, 1.165) is 18.4 Å². The summed E-state index contributed by atoms with van der Waals surface area (Å²) in [6.07, 6.45) is -3.58. The molecule has 0 atom stereocenters. The molecule has 18 heavy (non-hydrogen) atoms. The number of Topliss-reactive ketones (excluding diaryl/α,β-unsaturated/α-hetero) is 1. The molecule has 0 aromatic heterocycles. The molecule has 4 heteroatoms. The molecule has 1 fully saturated rings. The summed E-state index contributed by atoms with van der Waals surface area (Å²) in [5.41, 5.74) is 0.467. The largest absolute Gasteiger partial charge is 0.389 e. The highest BCUT2D eigenvalue weighted by atomic mass is 19.4. The van der Waals surface area contributed by atoms with Gasteiger partial charge in [-0.15, -0.1) is 0 Å². The summed E-state index contributed by atoms with van der Waals surface area (Å²) in [4.78, 5) is 12.0. The van der Waals surface area contributed by atoms with E-state index in [9.17, 15) is 18.0 Å². The lowest BCUT2D eigenvalue weighted by atomic mass is 9.89. The normalized spacial score (nSPS) is 17.5. The van der Waals surface area contributed by atoms with Crippen molar-refractivity contribution in [1.29, 1.82) is 0 Å². The molecule has 0 radical (unpaired) electrons. The lowest BCUT2D eigenvalue weighted by molar-refractivity contribution is -0.137. The molecule has 0 heterocycles. The molecule has 0 saturated heterocycles. The van der Waals surface area contributed by atoms with E-state index in [1.54, 1.807) is 0 Å². The Morgan fingerprint density at radius 2 is 1.78 bits per heavy atom. The number of benzene rings is 1. The molecule has 1 aliphatic carbocycles. The Bertz CT molecular complexity index is 418. The molecule has 1 nitrogen and oxygen atoms in total. The van der Waals surface area contributed by atoms with E-state index in [-0.39, 0.29) is 18.6 Å². The number of halogens is 3. The molecule has 0 bridgehead atoms. The minimum atomic E-state index is -4.16. The molecule has 1 aromatic rings. The van der Waals surface area contributed by atoms with Gasteiger partial charge >= 0.3 is 6.18 Å². The molecule has 1 aliphatic rings. The summed E-state index contributed by atoms with van der Waals surface area (Å²) >= 11 is 0. The van der Waals surface area contributed by atoms with Crippen molar-refractivity contribution in [2.24, 2.45) is 0 Å². The van der Waals surface area contributed by atoms with Crippen LogP contribution >= 0.6 is 0 Å². The summed E-state index contributed by atoms with van der Waals surface area (Å²) in [6.45, 7) is 0. The minimum absolute atomic E-state index is 0.0222. The first-order valence-corrected chi connectivity index (χ1v) is 6.10. The summed E-state index contributed by atoms with van der Waals surface area (Å²) in [5, 5.41) is 0. The summed E-state index contributed by atoms with van der Waals surface area (Å²) in [5.74, 6) is -0.0436. The third-order valence-corrected chi connectivity index (χ3v) is 3.47. The summed E-state index contributed by atoms with van der Waals surface area (Å²) in [7, 11) is 0. The van der Waals surface area contributed by atoms with E-state index in [0.29, 0.717) is 0 Å². The highest BCUT2D eigenvalue weighted by molar-refractivity contribution is 5.93. The zero-order valence-corrected chi connectivity index (χ0v) is 9.96. The predicted molar refractivity (Wildman–Crippen MR) is 62.3 cm³/mol. The lowest BCUT2D eigenvalue weighted by Gasteiger charge is -2.14. The van der Waals surface area contributed by atoms with Crippen LogP contribution in [-0.4, -0.2) is 12.0 Å². The van der Waals surface area contributed by atoms with Crippen LogP contribution in [0, 0.1) is 0 Å². The molecular weight excluding hydrogens is 241 g/mol. The molecular formula is C14H15F3O. The van der Waals surface area contributed by atoms with Gasteiger partial charge in [-0.2, -0.15) is 13.2 Å². The number of alkyl halides is 3. The third kappa shape index (κ3) is 2.92. The van der Waals surface area contributed by atoms with Crippen LogP contribution in [0.15, 0.2) is 30.3 Å². The van der Waals surface area contributed by atoms with Gasteiger partial charge in [0.15, 0.2) is 0 Å². The van der Waals surface area contributed by atoms with Crippen LogP contribution in [0.1, 0.15) is 37.7 Å². The van der Waals surface area contributed by atoms with Crippen molar-refractivity contribution in [3.05, 3.63) is 35.9 Å². The molecule has 1 saturated carbocycles. The fourth-order valence-corrected chi connectivity index (χ4v) is 2.30. The molecule has 0 amide bonds. The van der Waals surface area contributed by atoms with Crippen LogP contribution in [0.3, 0.4) is 0 Å². The van der Waals surface area contributed by atoms with E-state index < -0.39 is 18.0 Å². The quantitative estimate of drug-likeness (QED) is 0.777. The van der Waals surface area contributed by atoms with Crippen LogP contribution in [0.5, 0.6) is 0 Å². The van der Waals surface area contributed by atoms with Crippen LogP contribution in [0.2, 0.25) is 0 Å². The fourth-order valence-electron chi connectivity index (χ4n) is 2.30. The van der Waals surface area contributed by atoms with Gasteiger partial charge in [0.25, 0.3) is 0 Å². The second-order valence-corrected chi connectivity index (χ2v) is 4.84. The zero-order chi connectivity index (χ0) is 13.2. The van der Waals surface area contributed by atoms with Crippen LogP contribution in [0.25, 0.3) is 0 Å². The monoisotopic (exact) mass is 256 g/mol. The maximum absolute atomic E-state index is 12.0. The van der Waals surface area contributed by atoms with Gasteiger partial charge in [0.1, 0.15) is 5.78 Å². The maximum atomic E-state index is 12.0. The topological polar surface area (TPSA) is 17.1 Å². The Labute approximate surface area is 104 Å². The smallest absolute Gasteiger partial charge is 0.299 e. The van der Waals surface area contributed by atoms with Crippen molar-refractivity contribution in [3.8, 4) is 0 Å². The first-order valence-electron chi connectivity index (χ1n) is 6.10. The van der Waals surface area contributed by atoms with Gasteiger partial charge in [-0.3, -0.25) is 4.79 Å². The van der Waals surface area contributed by atoms with Crippen LogP contribution < -0.4 is 0 Å². The van der Waals surface area contributed by atoms with Gasteiger partial charge in [0.2, 0.25) is 0 Å². The zero-order valence-electron chi connectivity index (χ0n) is 9.96. The Kier molecular flexibility index (Phi) is 3.46. The third-order valence-electron chi connectivity index (χ3n) is 3.47. The van der Waals surface area contributed by atoms with Crippen molar-refractivity contribution in [1.82, 2.24) is 0 Å². The Hall–Kier alpha value is -1.32. The molecule has 2 rings (SSSR count).